The van der Waals surface area contributed by atoms with E-state index in [2.05, 4.69) is 26.0 Å². The molecule has 0 fully saturated rings. The Labute approximate surface area is 107 Å². The van der Waals surface area contributed by atoms with Crippen molar-refractivity contribution in [3.05, 3.63) is 52.8 Å². The SMILES string of the molecule is Cc1nc2ccc(-c3ccccc3)nn2c1Br. The summed E-state index contributed by atoms with van der Waals surface area (Å²) in [6.07, 6.45) is 0. The van der Waals surface area contributed by atoms with Gasteiger partial charge >= 0.3 is 0 Å². The molecule has 4 heteroatoms. The van der Waals surface area contributed by atoms with Crippen molar-refractivity contribution in [2.75, 3.05) is 0 Å². The summed E-state index contributed by atoms with van der Waals surface area (Å²) < 4.78 is 2.72. The van der Waals surface area contributed by atoms with Crippen LogP contribution in [0.5, 0.6) is 0 Å². The van der Waals surface area contributed by atoms with E-state index in [0.717, 1.165) is 27.2 Å². The van der Waals surface area contributed by atoms with Crippen LogP contribution in [-0.4, -0.2) is 14.6 Å². The van der Waals surface area contributed by atoms with E-state index in [0.29, 0.717) is 0 Å². The number of aromatic nitrogens is 3. The normalized spacial score (nSPS) is 10.9. The number of imidazole rings is 1. The second kappa shape index (κ2) is 3.96. The van der Waals surface area contributed by atoms with Crippen molar-refractivity contribution in [1.82, 2.24) is 14.6 Å². The molecule has 2 aromatic heterocycles. The maximum atomic E-state index is 4.57. The average Bonchev–Trinajstić information content (AvgIpc) is 2.66. The third kappa shape index (κ3) is 1.74. The van der Waals surface area contributed by atoms with Gasteiger partial charge in [0, 0.05) is 5.56 Å². The highest BCUT2D eigenvalue weighted by molar-refractivity contribution is 9.10. The lowest BCUT2D eigenvalue weighted by Gasteiger charge is -2.01. The van der Waals surface area contributed by atoms with Crippen LogP contribution in [0.2, 0.25) is 0 Å². The van der Waals surface area contributed by atoms with Gasteiger partial charge in [-0.25, -0.2) is 9.50 Å². The van der Waals surface area contributed by atoms with E-state index in [1.54, 1.807) is 0 Å². The van der Waals surface area contributed by atoms with Crippen molar-refractivity contribution in [1.29, 1.82) is 0 Å². The van der Waals surface area contributed by atoms with Gasteiger partial charge in [-0.3, -0.25) is 0 Å². The van der Waals surface area contributed by atoms with E-state index in [4.69, 9.17) is 0 Å². The number of benzene rings is 1. The van der Waals surface area contributed by atoms with Crippen LogP contribution in [0, 0.1) is 6.92 Å². The number of rotatable bonds is 1. The van der Waals surface area contributed by atoms with Crippen molar-refractivity contribution in [3.8, 4) is 11.3 Å². The zero-order valence-electron chi connectivity index (χ0n) is 9.26. The summed E-state index contributed by atoms with van der Waals surface area (Å²) in [4.78, 5) is 4.40. The molecule has 17 heavy (non-hydrogen) atoms. The monoisotopic (exact) mass is 287 g/mol. The van der Waals surface area contributed by atoms with Crippen LogP contribution in [0.4, 0.5) is 0 Å². The first-order valence-electron chi connectivity index (χ1n) is 5.33. The van der Waals surface area contributed by atoms with E-state index >= 15 is 0 Å². The average molecular weight is 288 g/mol. The van der Waals surface area contributed by atoms with Crippen molar-refractivity contribution < 1.29 is 0 Å². The summed E-state index contributed by atoms with van der Waals surface area (Å²) in [5.41, 5.74) is 3.85. The van der Waals surface area contributed by atoms with Gasteiger partial charge in [0.15, 0.2) is 5.65 Å². The fourth-order valence-corrected chi connectivity index (χ4v) is 2.13. The molecule has 0 aliphatic rings. The third-order valence-corrected chi connectivity index (χ3v) is 3.56. The quantitative estimate of drug-likeness (QED) is 0.686. The molecular formula is C13H10BrN3. The van der Waals surface area contributed by atoms with E-state index in [1.165, 1.54) is 0 Å². The molecule has 1 aromatic carbocycles. The molecule has 0 saturated carbocycles. The van der Waals surface area contributed by atoms with Gasteiger partial charge in [0.25, 0.3) is 0 Å². The van der Waals surface area contributed by atoms with E-state index < -0.39 is 0 Å². The Morgan fingerprint density at radius 1 is 1.06 bits per heavy atom. The molecular weight excluding hydrogens is 278 g/mol. The summed E-state index contributed by atoms with van der Waals surface area (Å²) in [5.74, 6) is 0. The maximum Gasteiger partial charge on any atom is 0.155 e. The third-order valence-electron chi connectivity index (χ3n) is 2.65. The van der Waals surface area contributed by atoms with E-state index in [1.807, 2.05) is 53.9 Å². The maximum absolute atomic E-state index is 4.57. The van der Waals surface area contributed by atoms with E-state index in [-0.39, 0.29) is 0 Å². The first-order valence-corrected chi connectivity index (χ1v) is 6.12. The Hall–Kier alpha value is -1.68. The number of aryl methyl sites for hydroxylation is 1. The smallest absolute Gasteiger partial charge is 0.155 e. The second-order valence-corrected chi connectivity index (χ2v) is 4.59. The van der Waals surface area contributed by atoms with E-state index in [9.17, 15) is 0 Å². The summed E-state index contributed by atoms with van der Waals surface area (Å²) in [6, 6.07) is 14.1. The van der Waals surface area contributed by atoms with Crippen molar-refractivity contribution in [3.63, 3.8) is 0 Å². The van der Waals surface area contributed by atoms with Gasteiger partial charge < -0.3 is 0 Å². The van der Waals surface area contributed by atoms with Gasteiger partial charge in [-0.15, -0.1) is 0 Å². The number of halogens is 1. The molecule has 3 rings (SSSR count). The topological polar surface area (TPSA) is 30.2 Å². The molecule has 0 spiro atoms. The largest absolute Gasteiger partial charge is 0.231 e. The van der Waals surface area contributed by atoms with Gasteiger partial charge in [0.2, 0.25) is 0 Å². The Morgan fingerprint density at radius 3 is 2.59 bits per heavy atom. The van der Waals surface area contributed by atoms with Crippen LogP contribution in [0.15, 0.2) is 47.1 Å². The molecule has 0 aliphatic heterocycles. The molecule has 0 N–H and O–H groups in total. The zero-order valence-corrected chi connectivity index (χ0v) is 10.8. The highest BCUT2D eigenvalue weighted by atomic mass is 79.9. The summed E-state index contributed by atoms with van der Waals surface area (Å²) >= 11 is 3.50. The van der Waals surface area contributed by atoms with Gasteiger partial charge in [-0.05, 0) is 35.0 Å². The fraction of sp³-hybridized carbons (Fsp3) is 0.0769. The van der Waals surface area contributed by atoms with Crippen molar-refractivity contribution >= 4 is 21.6 Å². The molecule has 0 atom stereocenters. The summed E-state index contributed by atoms with van der Waals surface area (Å²) in [6.45, 7) is 1.96. The number of hydrogen-bond acceptors (Lipinski definition) is 2. The van der Waals surface area contributed by atoms with Crippen LogP contribution in [0.25, 0.3) is 16.9 Å². The lowest BCUT2D eigenvalue weighted by Crippen LogP contribution is -1.94. The Balaban J connectivity index is 2.23. The van der Waals surface area contributed by atoms with Crippen LogP contribution >= 0.6 is 15.9 Å². The first kappa shape index (κ1) is 10.5. The fourth-order valence-electron chi connectivity index (χ4n) is 1.78. The lowest BCUT2D eigenvalue weighted by atomic mass is 10.1. The van der Waals surface area contributed by atoms with Gasteiger partial charge in [0.1, 0.15) is 4.60 Å². The van der Waals surface area contributed by atoms with Crippen LogP contribution < -0.4 is 0 Å². The molecule has 0 unspecified atom stereocenters. The zero-order chi connectivity index (χ0) is 11.8. The minimum Gasteiger partial charge on any atom is -0.231 e. The Bertz CT molecular complexity index is 674. The summed E-state index contributed by atoms with van der Waals surface area (Å²) in [5, 5.41) is 4.57. The van der Waals surface area contributed by atoms with Crippen molar-refractivity contribution in [2.24, 2.45) is 0 Å². The van der Waals surface area contributed by atoms with Gasteiger partial charge in [-0.1, -0.05) is 30.3 Å². The molecule has 0 radical (unpaired) electrons. The Kier molecular flexibility index (Phi) is 2.44. The number of fused-ring (bicyclic) bond motifs is 1. The predicted molar refractivity (Wildman–Crippen MR) is 70.9 cm³/mol. The van der Waals surface area contributed by atoms with Crippen molar-refractivity contribution in [2.45, 2.75) is 6.92 Å². The van der Waals surface area contributed by atoms with Crippen LogP contribution in [0.3, 0.4) is 0 Å². The molecule has 0 amide bonds. The van der Waals surface area contributed by atoms with Gasteiger partial charge in [0.05, 0.1) is 11.4 Å². The highest BCUT2D eigenvalue weighted by Gasteiger charge is 2.08. The number of nitrogens with zero attached hydrogens (tertiary/aromatic N) is 3. The van der Waals surface area contributed by atoms with Crippen LogP contribution in [0.1, 0.15) is 5.69 Å². The molecule has 0 saturated heterocycles. The van der Waals surface area contributed by atoms with Gasteiger partial charge in [-0.2, -0.15) is 5.10 Å². The first-order chi connectivity index (χ1) is 8.25. The predicted octanol–water partition coefficient (Wildman–Crippen LogP) is 3.47. The molecule has 3 aromatic rings. The minimum atomic E-state index is 0.856. The summed E-state index contributed by atoms with van der Waals surface area (Å²) in [7, 11) is 0. The van der Waals surface area contributed by atoms with Crippen LogP contribution in [-0.2, 0) is 0 Å². The Morgan fingerprint density at radius 2 is 1.82 bits per heavy atom. The minimum absolute atomic E-state index is 0.856. The lowest BCUT2D eigenvalue weighted by molar-refractivity contribution is 0.919. The molecule has 0 aliphatic carbocycles. The standard InChI is InChI=1S/C13H10BrN3/c1-9-13(14)17-12(15-9)8-7-11(16-17)10-5-3-2-4-6-10/h2-8H,1H3. The number of hydrogen-bond donors (Lipinski definition) is 0. The molecule has 0 bridgehead atoms. The highest BCUT2D eigenvalue weighted by Crippen LogP contribution is 2.21. The second-order valence-electron chi connectivity index (χ2n) is 3.84. The molecule has 2 heterocycles. The molecule has 84 valence electrons. The molecule has 3 nitrogen and oxygen atoms in total.